The van der Waals surface area contributed by atoms with Gasteiger partial charge >= 0.3 is 25.6 Å². The molecule has 0 bridgehead atoms. The molecule has 3 unspecified atom stereocenters. The van der Waals surface area contributed by atoms with Crippen LogP contribution in [0.25, 0.3) is 0 Å². The monoisotopic (exact) mass is 398 g/mol. The molecular weight excluding hydrogens is 386 g/mol. The van der Waals surface area contributed by atoms with Crippen LogP contribution in [0, 0.1) is 0 Å². The number of ether oxygens (including phenoxy) is 3. The van der Waals surface area contributed by atoms with Crippen molar-refractivity contribution in [2.75, 3.05) is 21.3 Å². The van der Waals surface area contributed by atoms with E-state index in [1.54, 1.807) is 0 Å². The quantitative estimate of drug-likeness (QED) is 0.372. The van der Waals surface area contributed by atoms with Gasteiger partial charge in [0.2, 0.25) is 0 Å². The Balaban J connectivity index is 5.45. The molecule has 0 aliphatic heterocycles. The van der Waals surface area contributed by atoms with Crippen LogP contribution in [0.4, 0.5) is 39.5 Å². The van der Waals surface area contributed by atoms with E-state index >= 15 is 0 Å². The zero-order chi connectivity index (χ0) is 20.1. The molecule has 6 nitrogen and oxygen atoms in total. The predicted molar refractivity (Wildman–Crippen MR) is 59.6 cm³/mol. The lowest BCUT2D eigenvalue weighted by Crippen LogP contribution is -2.52. The summed E-state index contributed by atoms with van der Waals surface area (Å²) in [6.07, 6.45) is -26.5. The zero-order valence-corrected chi connectivity index (χ0v) is 12.7. The van der Waals surface area contributed by atoms with E-state index in [9.17, 15) is 39.5 Å². The molecule has 0 aliphatic rings. The molecule has 0 saturated heterocycles. The van der Waals surface area contributed by atoms with Crippen molar-refractivity contribution < 1.29 is 67.7 Å². The normalized spacial score (nSPS) is 17.3. The van der Waals surface area contributed by atoms with Crippen molar-refractivity contribution in [3.63, 3.8) is 0 Å². The molecule has 0 radical (unpaired) electrons. The Kier molecular flexibility index (Phi) is 8.93. The van der Waals surface area contributed by atoms with Gasteiger partial charge in [0.05, 0.1) is 0 Å². The van der Waals surface area contributed by atoms with E-state index in [1.807, 2.05) is 0 Å². The number of hydrogen-bond donors (Lipinski definition) is 0. The number of alkyl halides is 9. The summed E-state index contributed by atoms with van der Waals surface area (Å²) < 4.78 is 137. The van der Waals surface area contributed by atoms with Gasteiger partial charge in [0.15, 0.2) is 0 Å². The highest BCUT2D eigenvalue weighted by Gasteiger charge is 2.57. The van der Waals surface area contributed by atoms with Crippen LogP contribution < -0.4 is 0 Å². The SMILES string of the molecule is COC(F)C(F)(F)OB(OC(F)(F)C(F)OC)OC(F)(F)C(F)OC. The molecule has 0 amide bonds. The van der Waals surface area contributed by atoms with E-state index in [-0.39, 0.29) is 0 Å². The summed E-state index contributed by atoms with van der Waals surface area (Å²) in [6, 6.07) is 0. The van der Waals surface area contributed by atoms with E-state index in [0.717, 1.165) is 0 Å². The molecule has 150 valence electrons. The number of methoxy groups -OCH3 is 3. The second-order valence-electron chi connectivity index (χ2n) is 3.98. The molecule has 0 aromatic carbocycles. The van der Waals surface area contributed by atoms with Crippen molar-refractivity contribution in [2.24, 2.45) is 0 Å². The largest absolute Gasteiger partial charge is 0.652 e. The molecule has 0 N–H and O–H groups in total. The molecule has 0 fully saturated rings. The van der Waals surface area contributed by atoms with E-state index < -0.39 is 44.7 Å². The average Bonchev–Trinajstić information content (AvgIpc) is 2.50. The lowest BCUT2D eigenvalue weighted by molar-refractivity contribution is -0.353. The fraction of sp³-hybridized carbons (Fsp3) is 1.00. The summed E-state index contributed by atoms with van der Waals surface area (Å²) in [5, 5.41) is 0. The summed E-state index contributed by atoms with van der Waals surface area (Å²) in [5.74, 6) is 0. The Labute approximate surface area is 135 Å². The first-order chi connectivity index (χ1) is 11.2. The predicted octanol–water partition coefficient (Wildman–Crippen LogP) is 2.63. The molecule has 25 heavy (non-hydrogen) atoms. The maximum Gasteiger partial charge on any atom is 0.652 e. The minimum atomic E-state index is -5.19. The maximum atomic E-state index is 13.2. The summed E-state index contributed by atoms with van der Waals surface area (Å²) in [7, 11) is -2.73. The van der Waals surface area contributed by atoms with Gasteiger partial charge in [-0.3, -0.25) is 0 Å². The highest BCUT2D eigenvalue weighted by atomic mass is 19.3. The molecule has 0 heterocycles. The van der Waals surface area contributed by atoms with Gasteiger partial charge in [0.1, 0.15) is 0 Å². The number of halogens is 9. The third-order valence-electron chi connectivity index (χ3n) is 2.17. The fourth-order valence-corrected chi connectivity index (χ4v) is 1.03. The molecule has 0 saturated carbocycles. The van der Waals surface area contributed by atoms with Crippen molar-refractivity contribution in [3.8, 4) is 0 Å². The first-order valence-corrected chi connectivity index (χ1v) is 5.91. The van der Waals surface area contributed by atoms with Crippen LogP contribution in [0.2, 0.25) is 0 Å². The molecule has 0 spiro atoms. The topological polar surface area (TPSA) is 55.4 Å². The van der Waals surface area contributed by atoms with Gasteiger partial charge in [-0.1, -0.05) is 0 Å². The van der Waals surface area contributed by atoms with Gasteiger partial charge in [-0.2, -0.15) is 26.3 Å². The van der Waals surface area contributed by atoms with Crippen LogP contribution in [-0.4, -0.2) is 66.0 Å². The van der Waals surface area contributed by atoms with Gasteiger partial charge in [-0.05, 0) is 0 Å². The molecule has 0 aliphatic carbocycles. The Morgan fingerprint density at radius 3 is 0.920 bits per heavy atom. The lowest BCUT2D eigenvalue weighted by Gasteiger charge is -2.29. The summed E-state index contributed by atoms with van der Waals surface area (Å²) in [6.45, 7) is 0. The Morgan fingerprint density at radius 1 is 0.560 bits per heavy atom. The smallest absolute Gasteiger partial charge is 0.345 e. The second kappa shape index (κ2) is 9.22. The van der Waals surface area contributed by atoms with Gasteiger partial charge in [-0.15, -0.1) is 0 Å². The highest BCUT2D eigenvalue weighted by molar-refractivity contribution is 6.36. The number of rotatable bonds is 12. The van der Waals surface area contributed by atoms with Gasteiger partial charge in [0, 0.05) is 21.3 Å². The minimum absolute atomic E-state index is 0.382. The van der Waals surface area contributed by atoms with Crippen LogP contribution in [0.3, 0.4) is 0 Å². The second-order valence-corrected chi connectivity index (χ2v) is 3.98. The minimum Gasteiger partial charge on any atom is -0.345 e. The maximum absolute atomic E-state index is 13.2. The van der Waals surface area contributed by atoms with Crippen molar-refractivity contribution in [1.82, 2.24) is 0 Å². The van der Waals surface area contributed by atoms with Crippen LogP contribution in [0.1, 0.15) is 0 Å². The first-order valence-electron chi connectivity index (χ1n) is 5.91. The van der Waals surface area contributed by atoms with Crippen LogP contribution in [0.15, 0.2) is 0 Å². The molecule has 0 aromatic heterocycles. The zero-order valence-electron chi connectivity index (χ0n) is 12.7. The molecule has 0 rings (SSSR count). The van der Waals surface area contributed by atoms with E-state index in [0.29, 0.717) is 21.3 Å². The number of hydrogen-bond acceptors (Lipinski definition) is 6. The van der Waals surface area contributed by atoms with Crippen molar-refractivity contribution in [2.45, 2.75) is 37.4 Å². The van der Waals surface area contributed by atoms with Crippen molar-refractivity contribution in [3.05, 3.63) is 0 Å². The molecule has 16 heteroatoms. The Morgan fingerprint density at radius 2 is 0.760 bits per heavy atom. The van der Waals surface area contributed by atoms with Crippen LogP contribution in [0.5, 0.6) is 0 Å². The molecule has 3 atom stereocenters. The standard InChI is InChI=1S/C9H12BF9O6/c1-20-4(11)7(14,15)23-10(24-8(16,17)5(12)21-2)25-9(18,19)6(13)22-3/h4-6H,1-3H3. The third-order valence-corrected chi connectivity index (χ3v) is 2.17. The van der Waals surface area contributed by atoms with Crippen molar-refractivity contribution >= 4 is 7.32 Å². The van der Waals surface area contributed by atoms with E-state index in [2.05, 4.69) is 28.2 Å². The van der Waals surface area contributed by atoms with E-state index in [1.165, 1.54) is 0 Å². The molecular formula is C9H12BF9O6. The Hall–Kier alpha value is -0.805. The van der Waals surface area contributed by atoms with Gasteiger partial charge < -0.3 is 28.2 Å². The van der Waals surface area contributed by atoms with Crippen molar-refractivity contribution in [1.29, 1.82) is 0 Å². The Bertz CT molecular complexity index is 347. The van der Waals surface area contributed by atoms with Gasteiger partial charge in [0.25, 0.3) is 19.1 Å². The van der Waals surface area contributed by atoms with Gasteiger partial charge in [-0.25, -0.2) is 13.2 Å². The summed E-state index contributed by atoms with van der Waals surface area (Å²) in [4.78, 5) is 0. The van der Waals surface area contributed by atoms with Crippen LogP contribution in [-0.2, 0) is 28.2 Å². The fourth-order valence-electron chi connectivity index (χ4n) is 1.03. The summed E-state index contributed by atoms with van der Waals surface area (Å²) in [5.41, 5.74) is 0. The van der Waals surface area contributed by atoms with E-state index in [4.69, 9.17) is 0 Å². The summed E-state index contributed by atoms with van der Waals surface area (Å²) >= 11 is 0. The third kappa shape index (κ3) is 7.14. The lowest BCUT2D eigenvalue weighted by atomic mass is 10.2. The average molecular weight is 398 g/mol. The van der Waals surface area contributed by atoms with Crippen LogP contribution >= 0.6 is 0 Å². The highest BCUT2D eigenvalue weighted by Crippen LogP contribution is 2.33. The molecule has 0 aromatic rings. The first kappa shape index (κ1) is 24.2.